The minimum absolute atomic E-state index is 0.0460. The summed E-state index contributed by atoms with van der Waals surface area (Å²) in [5.41, 5.74) is 0.669. The van der Waals surface area contributed by atoms with Crippen molar-refractivity contribution >= 4 is 5.91 Å². The standard InChI is InChI=1S/C17H24N2O4/c1-6-19(7-2)16(20)10-13(11-18)12-8-14(21-3)17(23-5)15(9-12)22-4/h8-9,13H,6-7,10H2,1-5H3. The van der Waals surface area contributed by atoms with E-state index in [-0.39, 0.29) is 12.3 Å². The molecule has 1 aromatic carbocycles. The van der Waals surface area contributed by atoms with E-state index in [4.69, 9.17) is 14.2 Å². The summed E-state index contributed by atoms with van der Waals surface area (Å²) in [5.74, 6) is 0.785. The molecule has 0 aliphatic heterocycles. The molecule has 0 fully saturated rings. The molecule has 0 saturated carbocycles. The molecular formula is C17H24N2O4. The zero-order chi connectivity index (χ0) is 17.4. The van der Waals surface area contributed by atoms with E-state index in [1.54, 1.807) is 17.0 Å². The SMILES string of the molecule is CCN(CC)C(=O)CC(C#N)c1cc(OC)c(OC)c(OC)c1. The Morgan fingerprint density at radius 2 is 1.65 bits per heavy atom. The van der Waals surface area contributed by atoms with E-state index in [9.17, 15) is 10.1 Å². The van der Waals surface area contributed by atoms with Crippen LogP contribution in [0.15, 0.2) is 12.1 Å². The van der Waals surface area contributed by atoms with Crippen LogP contribution in [-0.4, -0.2) is 45.2 Å². The highest BCUT2D eigenvalue weighted by Gasteiger charge is 2.22. The van der Waals surface area contributed by atoms with Gasteiger partial charge in [0.1, 0.15) is 0 Å². The molecular weight excluding hydrogens is 296 g/mol. The molecule has 0 N–H and O–H groups in total. The fraction of sp³-hybridized carbons (Fsp3) is 0.529. The van der Waals surface area contributed by atoms with Crippen LogP contribution in [-0.2, 0) is 4.79 Å². The Morgan fingerprint density at radius 1 is 1.13 bits per heavy atom. The van der Waals surface area contributed by atoms with Crippen molar-refractivity contribution in [2.75, 3.05) is 34.4 Å². The number of methoxy groups -OCH3 is 3. The number of benzene rings is 1. The molecule has 0 bridgehead atoms. The van der Waals surface area contributed by atoms with Gasteiger partial charge in [-0.3, -0.25) is 4.79 Å². The van der Waals surface area contributed by atoms with Gasteiger partial charge in [-0.15, -0.1) is 0 Å². The number of carbonyl (C=O) groups is 1. The number of hydrogen-bond donors (Lipinski definition) is 0. The van der Waals surface area contributed by atoms with E-state index in [1.165, 1.54) is 21.3 Å². The highest BCUT2D eigenvalue weighted by molar-refractivity contribution is 5.77. The highest BCUT2D eigenvalue weighted by atomic mass is 16.5. The third kappa shape index (κ3) is 4.28. The molecule has 0 aliphatic rings. The van der Waals surface area contributed by atoms with Crippen molar-refractivity contribution in [1.82, 2.24) is 4.90 Å². The van der Waals surface area contributed by atoms with Crippen molar-refractivity contribution in [2.45, 2.75) is 26.2 Å². The third-order valence-corrected chi connectivity index (χ3v) is 3.74. The first-order chi connectivity index (χ1) is 11.1. The van der Waals surface area contributed by atoms with Crippen LogP contribution in [0.3, 0.4) is 0 Å². The molecule has 0 aliphatic carbocycles. The van der Waals surface area contributed by atoms with Crippen LogP contribution in [0.5, 0.6) is 17.2 Å². The number of rotatable bonds is 8. The van der Waals surface area contributed by atoms with Gasteiger partial charge in [0.05, 0.1) is 33.3 Å². The van der Waals surface area contributed by atoms with Crippen molar-refractivity contribution < 1.29 is 19.0 Å². The molecule has 0 aromatic heterocycles. The lowest BCUT2D eigenvalue weighted by Crippen LogP contribution is -2.31. The summed E-state index contributed by atoms with van der Waals surface area (Å²) in [5, 5.41) is 9.48. The average Bonchev–Trinajstić information content (AvgIpc) is 2.59. The van der Waals surface area contributed by atoms with E-state index in [2.05, 4.69) is 6.07 Å². The van der Waals surface area contributed by atoms with Crippen molar-refractivity contribution in [3.05, 3.63) is 17.7 Å². The van der Waals surface area contributed by atoms with E-state index in [0.29, 0.717) is 35.9 Å². The molecule has 1 amide bonds. The van der Waals surface area contributed by atoms with Gasteiger partial charge in [-0.25, -0.2) is 0 Å². The van der Waals surface area contributed by atoms with E-state index in [0.717, 1.165) is 0 Å². The first-order valence-corrected chi connectivity index (χ1v) is 7.53. The second-order valence-electron chi connectivity index (χ2n) is 4.91. The number of ether oxygens (including phenoxy) is 3. The van der Waals surface area contributed by atoms with Crippen molar-refractivity contribution in [3.63, 3.8) is 0 Å². The van der Waals surface area contributed by atoms with Crippen LogP contribution in [0.25, 0.3) is 0 Å². The van der Waals surface area contributed by atoms with Crippen LogP contribution in [0, 0.1) is 11.3 Å². The predicted molar refractivity (Wildman–Crippen MR) is 87.0 cm³/mol. The minimum atomic E-state index is -0.572. The monoisotopic (exact) mass is 320 g/mol. The van der Waals surface area contributed by atoms with E-state index < -0.39 is 5.92 Å². The summed E-state index contributed by atoms with van der Waals surface area (Å²) in [7, 11) is 4.55. The van der Waals surface area contributed by atoms with Crippen LogP contribution >= 0.6 is 0 Å². The Bertz CT molecular complexity index is 551. The van der Waals surface area contributed by atoms with Gasteiger partial charge in [-0.1, -0.05) is 0 Å². The molecule has 0 spiro atoms. The maximum absolute atomic E-state index is 12.3. The molecule has 1 aromatic rings. The Kier molecular flexibility index (Phi) is 7.20. The Labute approximate surface area is 137 Å². The van der Waals surface area contributed by atoms with Gasteiger partial charge in [0.25, 0.3) is 0 Å². The van der Waals surface area contributed by atoms with Crippen molar-refractivity contribution in [2.24, 2.45) is 0 Å². The zero-order valence-electron chi connectivity index (χ0n) is 14.4. The quantitative estimate of drug-likeness (QED) is 0.736. The number of carbonyl (C=O) groups excluding carboxylic acids is 1. The van der Waals surface area contributed by atoms with Gasteiger partial charge in [-0.2, -0.15) is 5.26 Å². The summed E-state index contributed by atoms with van der Waals surface area (Å²) in [4.78, 5) is 14.0. The maximum atomic E-state index is 12.3. The van der Waals surface area contributed by atoms with Gasteiger partial charge in [-0.05, 0) is 31.5 Å². The molecule has 23 heavy (non-hydrogen) atoms. The lowest BCUT2D eigenvalue weighted by atomic mass is 9.95. The number of amides is 1. The van der Waals surface area contributed by atoms with Gasteiger partial charge in [0, 0.05) is 19.5 Å². The topological polar surface area (TPSA) is 71.8 Å². The lowest BCUT2D eigenvalue weighted by Gasteiger charge is -2.21. The second kappa shape index (κ2) is 8.89. The fourth-order valence-corrected chi connectivity index (χ4v) is 2.42. The predicted octanol–water partition coefficient (Wildman–Crippen LogP) is 2.58. The summed E-state index contributed by atoms with van der Waals surface area (Å²) < 4.78 is 15.9. The smallest absolute Gasteiger partial charge is 0.224 e. The molecule has 6 heteroatoms. The van der Waals surface area contributed by atoms with Crippen LogP contribution in [0.2, 0.25) is 0 Å². The molecule has 6 nitrogen and oxygen atoms in total. The van der Waals surface area contributed by atoms with Gasteiger partial charge in [0.15, 0.2) is 11.5 Å². The summed E-state index contributed by atoms with van der Waals surface area (Å²) in [6.45, 7) is 5.09. The molecule has 1 rings (SSSR count). The molecule has 0 heterocycles. The van der Waals surface area contributed by atoms with Crippen molar-refractivity contribution in [1.29, 1.82) is 5.26 Å². The van der Waals surface area contributed by atoms with Gasteiger partial charge >= 0.3 is 0 Å². The van der Waals surface area contributed by atoms with Crippen LogP contribution < -0.4 is 14.2 Å². The van der Waals surface area contributed by atoms with E-state index >= 15 is 0 Å². The zero-order valence-corrected chi connectivity index (χ0v) is 14.4. The van der Waals surface area contributed by atoms with E-state index in [1.807, 2.05) is 13.8 Å². The molecule has 0 radical (unpaired) electrons. The number of nitriles is 1. The minimum Gasteiger partial charge on any atom is -0.493 e. The normalized spacial score (nSPS) is 11.3. The maximum Gasteiger partial charge on any atom is 0.224 e. The van der Waals surface area contributed by atoms with Gasteiger partial charge in [0.2, 0.25) is 11.7 Å². The first kappa shape index (κ1) is 18.6. The Hall–Kier alpha value is -2.42. The Balaban J connectivity index is 3.16. The highest BCUT2D eigenvalue weighted by Crippen LogP contribution is 2.40. The molecule has 0 saturated heterocycles. The lowest BCUT2D eigenvalue weighted by molar-refractivity contribution is -0.130. The van der Waals surface area contributed by atoms with Crippen molar-refractivity contribution in [3.8, 4) is 23.3 Å². The fourth-order valence-electron chi connectivity index (χ4n) is 2.42. The molecule has 126 valence electrons. The van der Waals surface area contributed by atoms with Gasteiger partial charge < -0.3 is 19.1 Å². The first-order valence-electron chi connectivity index (χ1n) is 7.53. The summed E-state index contributed by atoms with van der Waals surface area (Å²) in [6, 6.07) is 5.62. The largest absolute Gasteiger partial charge is 0.493 e. The number of hydrogen-bond acceptors (Lipinski definition) is 5. The van der Waals surface area contributed by atoms with Crippen LogP contribution in [0.4, 0.5) is 0 Å². The third-order valence-electron chi connectivity index (χ3n) is 3.74. The molecule has 1 atom stereocenters. The summed E-state index contributed by atoms with van der Waals surface area (Å²) >= 11 is 0. The average molecular weight is 320 g/mol. The summed E-state index contributed by atoms with van der Waals surface area (Å²) in [6.07, 6.45) is 0.122. The number of nitrogens with zero attached hydrogens (tertiary/aromatic N) is 2. The second-order valence-corrected chi connectivity index (χ2v) is 4.91. The Morgan fingerprint density at radius 3 is 2.00 bits per heavy atom. The molecule has 1 unspecified atom stereocenters. The van der Waals surface area contributed by atoms with Crippen LogP contribution in [0.1, 0.15) is 31.7 Å².